The number of hydrogen-bond acceptors (Lipinski definition) is 5. The van der Waals surface area contributed by atoms with Crippen LogP contribution >= 0.6 is 0 Å². The van der Waals surface area contributed by atoms with Crippen LogP contribution in [0.4, 0.5) is 0 Å². The molecule has 0 fully saturated rings. The van der Waals surface area contributed by atoms with Crippen molar-refractivity contribution in [1.82, 2.24) is 0 Å². The lowest BCUT2D eigenvalue weighted by Gasteiger charge is -2.20. The molecule has 0 amide bonds. The fourth-order valence-electron chi connectivity index (χ4n) is 2.19. The quantitative estimate of drug-likeness (QED) is 0.493. The lowest BCUT2D eigenvalue weighted by molar-refractivity contribution is -0.128. The van der Waals surface area contributed by atoms with E-state index in [4.69, 9.17) is 18.9 Å². The van der Waals surface area contributed by atoms with E-state index < -0.39 is 5.97 Å². The molecule has 1 heterocycles. The van der Waals surface area contributed by atoms with Gasteiger partial charge in [-0.1, -0.05) is 18.2 Å². The molecular formula is C18H16O5. The summed E-state index contributed by atoms with van der Waals surface area (Å²) in [5.41, 5.74) is 0.760. The van der Waals surface area contributed by atoms with Gasteiger partial charge in [0, 0.05) is 6.08 Å². The molecule has 0 N–H and O–H groups in total. The maximum absolute atomic E-state index is 11.8. The van der Waals surface area contributed by atoms with E-state index in [0.29, 0.717) is 36.2 Å². The number of ether oxygens (including phenoxy) is 4. The van der Waals surface area contributed by atoms with Crippen molar-refractivity contribution in [2.24, 2.45) is 0 Å². The molecule has 1 aliphatic heterocycles. The molecule has 0 spiro atoms. The molecule has 0 radical (unpaired) electrons. The highest BCUT2D eigenvalue weighted by atomic mass is 16.6. The van der Waals surface area contributed by atoms with Crippen molar-refractivity contribution < 1.29 is 23.7 Å². The molecule has 23 heavy (non-hydrogen) atoms. The van der Waals surface area contributed by atoms with Gasteiger partial charge in [0.1, 0.15) is 19.0 Å². The molecule has 0 aromatic heterocycles. The molecule has 2 aromatic carbocycles. The first kappa shape index (κ1) is 15.0. The highest BCUT2D eigenvalue weighted by Gasteiger charge is 2.17. The van der Waals surface area contributed by atoms with E-state index in [1.165, 1.54) is 6.08 Å². The monoisotopic (exact) mass is 312 g/mol. The van der Waals surface area contributed by atoms with Crippen molar-refractivity contribution in [3.05, 3.63) is 54.1 Å². The third kappa shape index (κ3) is 3.63. The lowest BCUT2D eigenvalue weighted by Crippen LogP contribution is -2.16. The molecule has 1 aliphatic rings. The van der Waals surface area contributed by atoms with Gasteiger partial charge in [0.2, 0.25) is 5.75 Å². The molecule has 118 valence electrons. The minimum atomic E-state index is -0.454. The normalized spacial score (nSPS) is 12.9. The van der Waals surface area contributed by atoms with Gasteiger partial charge >= 0.3 is 5.97 Å². The van der Waals surface area contributed by atoms with Gasteiger partial charge in [-0.25, -0.2) is 4.79 Å². The van der Waals surface area contributed by atoms with Crippen LogP contribution in [0.15, 0.2) is 48.5 Å². The molecule has 5 heteroatoms. The van der Waals surface area contributed by atoms with Crippen LogP contribution in [0.2, 0.25) is 0 Å². The second-order valence-electron chi connectivity index (χ2n) is 4.81. The number of benzene rings is 2. The van der Waals surface area contributed by atoms with E-state index in [9.17, 15) is 4.79 Å². The summed E-state index contributed by atoms with van der Waals surface area (Å²) >= 11 is 0. The molecule has 0 unspecified atom stereocenters. The van der Waals surface area contributed by atoms with Gasteiger partial charge in [-0.2, -0.15) is 0 Å². The van der Waals surface area contributed by atoms with Crippen LogP contribution in [0.1, 0.15) is 5.56 Å². The Morgan fingerprint density at radius 2 is 1.91 bits per heavy atom. The van der Waals surface area contributed by atoms with Crippen molar-refractivity contribution in [2.45, 2.75) is 0 Å². The second kappa shape index (κ2) is 6.87. The maximum Gasteiger partial charge on any atom is 0.336 e. The first-order valence-electron chi connectivity index (χ1n) is 7.19. The average Bonchev–Trinajstić information content (AvgIpc) is 2.60. The fourth-order valence-corrected chi connectivity index (χ4v) is 2.19. The first-order valence-corrected chi connectivity index (χ1v) is 7.19. The van der Waals surface area contributed by atoms with E-state index in [-0.39, 0.29) is 0 Å². The van der Waals surface area contributed by atoms with E-state index in [2.05, 4.69) is 0 Å². The van der Waals surface area contributed by atoms with Gasteiger partial charge in [0.15, 0.2) is 11.5 Å². The minimum Gasteiger partial charge on any atom is -0.493 e. The second-order valence-corrected chi connectivity index (χ2v) is 4.81. The molecule has 3 rings (SSSR count). The number of methoxy groups -OCH3 is 1. The van der Waals surface area contributed by atoms with Crippen molar-refractivity contribution >= 4 is 12.0 Å². The van der Waals surface area contributed by atoms with E-state index in [1.54, 1.807) is 49.6 Å². The Kier molecular flexibility index (Phi) is 4.47. The topological polar surface area (TPSA) is 54.0 Å². The predicted molar refractivity (Wildman–Crippen MR) is 85.1 cm³/mol. The Hall–Kier alpha value is -2.95. The summed E-state index contributed by atoms with van der Waals surface area (Å²) in [5, 5.41) is 0. The molecule has 5 nitrogen and oxygen atoms in total. The van der Waals surface area contributed by atoms with E-state index >= 15 is 0 Å². The minimum absolute atomic E-state index is 0.454. The van der Waals surface area contributed by atoms with Gasteiger partial charge in [0.05, 0.1) is 7.11 Å². The van der Waals surface area contributed by atoms with Gasteiger partial charge in [0.25, 0.3) is 0 Å². The zero-order valence-electron chi connectivity index (χ0n) is 12.7. The van der Waals surface area contributed by atoms with Crippen LogP contribution in [-0.4, -0.2) is 26.3 Å². The third-order valence-electron chi connectivity index (χ3n) is 3.22. The van der Waals surface area contributed by atoms with Crippen LogP contribution < -0.4 is 18.9 Å². The fraction of sp³-hybridized carbons (Fsp3) is 0.167. The Bertz CT molecular complexity index is 704. The van der Waals surface area contributed by atoms with Crippen molar-refractivity contribution in [3.8, 4) is 23.0 Å². The van der Waals surface area contributed by atoms with Crippen LogP contribution in [0.5, 0.6) is 23.0 Å². The number of rotatable bonds is 4. The lowest BCUT2D eigenvalue weighted by atomic mass is 10.1. The highest BCUT2D eigenvalue weighted by molar-refractivity contribution is 5.89. The number of carbonyl (C=O) groups excluding carboxylic acids is 1. The Labute approximate surface area is 134 Å². The van der Waals surface area contributed by atoms with E-state index in [0.717, 1.165) is 5.56 Å². The molecule has 0 saturated carbocycles. The summed E-state index contributed by atoms with van der Waals surface area (Å²) in [6.45, 7) is 0.974. The van der Waals surface area contributed by atoms with Crippen LogP contribution in [0.3, 0.4) is 0 Å². The number of carbonyl (C=O) groups is 1. The summed E-state index contributed by atoms with van der Waals surface area (Å²) in [5.74, 6) is 1.81. The predicted octanol–water partition coefficient (Wildman–Crippen LogP) is 3.09. The zero-order valence-corrected chi connectivity index (χ0v) is 12.7. The number of hydrogen-bond donors (Lipinski definition) is 0. The number of esters is 1. The van der Waals surface area contributed by atoms with Crippen LogP contribution in [-0.2, 0) is 4.79 Å². The number of fused-ring (bicyclic) bond motifs is 1. The zero-order chi connectivity index (χ0) is 16.1. The highest BCUT2D eigenvalue weighted by Crippen LogP contribution is 2.40. The molecule has 0 saturated heterocycles. The van der Waals surface area contributed by atoms with Gasteiger partial charge in [-0.15, -0.1) is 0 Å². The average molecular weight is 312 g/mol. The van der Waals surface area contributed by atoms with Crippen molar-refractivity contribution in [1.29, 1.82) is 0 Å². The summed E-state index contributed by atoms with van der Waals surface area (Å²) in [6.07, 6.45) is 3.00. The summed E-state index contributed by atoms with van der Waals surface area (Å²) in [7, 11) is 1.56. The van der Waals surface area contributed by atoms with Crippen LogP contribution in [0, 0.1) is 0 Å². The van der Waals surface area contributed by atoms with Crippen LogP contribution in [0.25, 0.3) is 6.08 Å². The maximum atomic E-state index is 11.8. The van der Waals surface area contributed by atoms with Crippen molar-refractivity contribution in [2.75, 3.05) is 20.3 Å². The Morgan fingerprint density at radius 1 is 1.13 bits per heavy atom. The summed E-state index contributed by atoms with van der Waals surface area (Å²) in [4.78, 5) is 11.8. The largest absolute Gasteiger partial charge is 0.493 e. The standard InChI is InChI=1S/C18H16O5/c1-20-15-11-13(12-16-18(15)22-10-9-21-16)7-8-17(19)23-14-5-3-2-4-6-14/h2-8,11-12H,9-10H2,1H3/b8-7+. The smallest absolute Gasteiger partial charge is 0.336 e. The first-order chi connectivity index (χ1) is 11.3. The summed E-state index contributed by atoms with van der Waals surface area (Å²) < 4.78 is 21.6. The molecular weight excluding hydrogens is 296 g/mol. The number of para-hydroxylation sites is 1. The Balaban J connectivity index is 1.75. The third-order valence-corrected chi connectivity index (χ3v) is 3.22. The molecule has 0 bridgehead atoms. The molecule has 0 aliphatic carbocycles. The molecule has 2 aromatic rings. The van der Waals surface area contributed by atoms with Gasteiger partial charge < -0.3 is 18.9 Å². The van der Waals surface area contributed by atoms with Gasteiger partial charge in [-0.3, -0.25) is 0 Å². The SMILES string of the molecule is COc1cc(/C=C/C(=O)Oc2ccccc2)cc2c1OCCO2. The molecule has 0 atom stereocenters. The summed E-state index contributed by atoms with van der Waals surface area (Å²) in [6, 6.07) is 12.5. The van der Waals surface area contributed by atoms with Gasteiger partial charge in [-0.05, 0) is 35.9 Å². The Morgan fingerprint density at radius 3 is 2.70 bits per heavy atom. The van der Waals surface area contributed by atoms with Crippen molar-refractivity contribution in [3.63, 3.8) is 0 Å². The van der Waals surface area contributed by atoms with E-state index in [1.807, 2.05) is 6.07 Å².